The fourth-order valence-electron chi connectivity index (χ4n) is 2.87. The molecule has 1 aromatic rings. The molecule has 1 atom stereocenters. The van der Waals surface area contributed by atoms with Crippen molar-refractivity contribution in [3.63, 3.8) is 0 Å². The first-order chi connectivity index (χ1) is 11.4. The van der Waals surface area contributed by atoms with Gasteiger partial charge >= 0.3 is 0 Å². The highest BCUT2D eigenvalue weighted by molar-refractivity contribution is 7.89. The third-order valence-corrected chi connectivity index (χ3v) is 6.07. The highest BCUT2D eigenvalue weighted by atomic mass is 32.2. The molecule has 7 heteroatoms. The number of rotatable bonds is 6. The second kappa shape index (κ2) is 7.98. The first-order valence-electron chi connectivity index (χ1n) is 8.36. The van der Waals surface area contributed by atoms with Gasteiger partial charge in [-0.05, 0) is 43.4 Å². The molecule has 1 heterocycles. The van der Waals surface area contributed by atoms with Gasteiger partial charge in [0, 0.05) is 19.6 Å². The molecule has 6 nitrogen and oxygen atoms in total. The van der Waals surface area contributed by atoms with Crippen molar-refractivity contribution >= 4 is 15.9 Å². The maximum absolute atomic E-state index is 12.9. The van der Waals surface area contributed by atoms with E-state index < -0.39 is 10.0 Å². The monoisotopic (exact) mass is 354 g/mol. The first kappa shape index (κ1) is 18.7. The Morgan fingerprint density at radius 1 is 1.42 bits per heavy atom. The first-order valence-corrected chi connectivity index (χ1v) is 9.80. The zero-order valence-corrected chi connectivity index (χ0v) is 15.4. The van der Waals surface area contributed by atoms with Crippen LogP contribution in [0, 0.1) is 5.92 Å². The fraction of sp³-hybridized carbons (Fsp3) is 0.588. The summed E-state index contributed by atoms with van der Waals surface area (Å²) in [4.78, 5) is 12.4. The number of methoxy groups -OCH3 is 1. The summed E-state index contributed by atoms with van der Waals surface area (Å²) in [5.41, 5.74) is 0.247. The van der Waals surface area contributed by atoms with E-state index in [0.29, 0.717) is 31.3 Å². The minimum Gasteiger partial charge on any atom is -0.496 e. The lowest BCUT2D eigenvalue weighted by molar-refractivity contribution is 0.0950. The van der Waals surface area contributed by atoms with Gasteiger partial charge in [-0.15, -0.1) is 0 Å². The predicted octanol–water partition coefficient (Wildman–Crippen LogP) is 2.26. The van der Waals surface area contributed by atoms with E-state index in [1.54, 1.807) is 6.07 Å². The van der Waals surface area contributed by atoms with Crippen LogP contribution < -0.4 is 10.1 Å². The molecule has 1 N–H and O–H groups in total. The number of sulfonamides is 1. The van der Waals surface area contributed by atoms with Gasteiger partial charge in [-0.1, -0.05) is 13.8 Å². The molecule has 1 fully saturated rings. The number of benzene rings is 1. The van der Waals surface area contributed by atoms with Crippen molar-refractivity contribution in [1.82, 2.24) is 9.62 Å². The van der Waals surface area contributed by atoms with Gasteiger partial charge in [0.15, 0.2) is 0 Å². The lowest BCUT2D eigenvalue weighted by Gasteiger charge is -2.30. The molecule has 1 aromatic carbocycles. The van der Waals surface area contributed by atoms with Crippen LogP contribution in [0.25, 0.3) is 0 Å². The standard InChI is InChI=1S/C17H26N2O4S/c1-4-9-18-17(20)15-11-14(7-8-16(15)23-3)24(21,22)19-10-5-6-13(2)12-19/h7-8,11,13H,4-6,9-10,12H2,1-3H3,(H,18,20)/t13-/m0/s1. The van der Waals surface area contributed by atoms with Gasteiger partial charge in [0.05, 0.1) is 17.6 Å². The molecule has 1 aliphatic rings. The average molecular weight is 354 g/mol. The van der Waals surface area contributed by atoms with Crippen molar-refractivity contribution < 1.29 is 17.9 Å². The Morgan fingerprint density at radius 2 is 2.17 bits per heavy atom. The van der Waals surface area contributed by atoms with Gasteiger partial charge in [-0.3, -0.25) is 4.79 Å². The normalized spacial score (nSPS) is 19.0. The van der Waals surface area contributed by atoms with E-state index in [2.05, 4.69) is 12.2 Å². The van der Waals surface area contributed by atoms with E-state index in [1.165, 1.54) is 23.5 Å². The van der Waals surface area contributed by atoms with E-state index >= 15 is 0 Å². The van der Waals surface area contributed by atoms with Crippen molar-refractivity contribution in [2.45, 2.75) is 38.0 Å². The number of amides is 1. The summed E-state index contributed by atoms with van der Waals surface area (Å²) in [7, 11) is -2.13. The molecule has 0 aliphatic carbocycles. The largest absolute Gasteiger partial charge is 0.496 e. The van der Waals surface area contributed by atoms with Crippen molar-refractivity contribution in [3.05, 3.63) is 23.8 Å². The van der Waals surface area contributed by atoms with Gasteiger partial charge in [0.1, 0.15) is 5.75 Å². The summed E-state index contributed by atoms with van der Waals surface area (Å²) in [5.74, 6) is 0.395. The van der Waals surface area contributed by atoms with Crippen LogP contribution in [0.4, 0.5) is 0 Å². The molecule has 0 saturated carbocycles. The van der Waals surface area contributed by atoms with Gasteiger partial charge in [-0.2, -0.15) is 4.31 Å². The Kier molecular flexibility index (Phi) is 6.23. The maximum atomic E-state index is 12.9. The Hall–Kier alpha value is -1.60. The smallest absolute Gasteiger partial charge is 0.255 e. The SMILES string of the molecule is CCCNC(=O)c1cc(S(=O)(=O)N2CCC[C@H](C)C2)ccc1OC. The van der Waals surface area contributed by atoms with Gasteiger partial charge in [0.2, 0.25) is 10.0 Å². The molecule has 0 spiro atoms. The predicted molar refractivity (Wildman–Crippen MR) is 92.8 cm³/mol. The summed E-state index contributed by atoms with van der Waals surface area (Å²) >= 11 is 0. The molecular weight excluding hydrogens is 328 g/mol. The third-order valence-electron chi connectivity index (χ3n) is 4.21. The van der Waals surface area contributed by atoms with Crippen molar-refractivity contribution in [2.75, 3.05) is 26.7 Å². The van der Waals surface area contributed by atoms with Crippen LogP contribution in [0.15, 0.2) is 23.1 Å². The van der Waals surface area contributed by atoms with Crippen molar-refractivity contribution in [1.29, 1.82) is 0 Å². The van der Waals surface area contributed by atoms with Crippen LogP contribution in [0.3, 0.4) is 0 Å². The summed E-state index contributed by atoms with van der Waals surface area (Å²) in [5, 5.41) is 2.76. The van der Waals surface area contributed by atoms with Crippen LogP contribution in [-0.4, -0.2) is 45.4 Å². The van der Waals surface area contributed by atoms with Gasteiger partial charge < -0.3 is 10.1 Å². The molecule has 1 saturated heterocycles. The molecule has 0 radical (unpaired) electrons. The fourth-order valence-corrected chi connectivity index (χ4v) is 4.50. The number of piperidine rings is 1. The van der Waals surface area contributed by atoms with Crippen molar-refractivity contribution in [3.8, 4) is 5.75 Å². The molecule has 0 aromatic heterocycles. The Balaban J connectivity index is 2.34. The number of ether oxygens (including phenoxy) is 1. The van der Waals surface area contributed by atoms with E-state index in [9.17, 15) is 13.2 Å². The second-order valence-electron chi connectivity index (χ2n) is 6.23. The van der Waals surface area contributed by atoms with Gasteiger partial charge in [0.25, 0.3) is 5.91 Å². The van der Waals surface area contributed by atoms with Crippen molar-refractivity contribution in [2.24, 2.45) is 5.92 Å². The molecule has 2 rings (SSSR count). The second-order valence-corrected chi connectivity index (χ2v) is 8.17. The number of nitrogens with one attached hydrogen (secondary N) is 1. The highest BCUT2D eigenvalue weighted by Crippen LogP contribution is 2.27. The van der Waals surface area contributed by atoms with Crippen LogP contribution in [0.5, 0.6) is 5.75 Å². The summed E-state index contributed by atoms with van der Waals surface area (Å²) in [6.07, 6.45) is 2.71. The van der Waals surface area contributed by atoms with E-state index in [1.807, 2.05) is 6.92 Å². The summed E-state index contributed by atoms with van der Waals surface area (Å²) < 4.78 is 32.5. The van der Waals surface area contributed by atoms with E-state index in [4.69, 9.17) is 4.74 Å². The van der Waals surface area contributed by atoms with Crippen LogP contribution >= 0.6 is 0 Å². The van der Waals surface area contributed by atoms with Crippen LogP contribution in [0.1, 0.15) is 43.5 Å². The topological polar surface area (TPSA) is 75.7 Å². The molecule has 24 heavy (non-hydrogen) atoms. The average Bonchev–Trinajstić information content (AvgIpc) is 2.59. The Morgan fingerprint density at radius 3 is 2.79 bits per heavy atom. The summed E-state index contributed by atoms with van der Waals surface area (Å²) in [6.45, 7) is 5.58. The third kappa shape index (κ3) is 4.08. The minimum atomic E-state index is -3.60. The number of hydrogen-bond acceptors (Lipinski definition) is 4. The van der Waals surface area contributed by atoms with E-state index in [-0.39, 0.29) is 16.4 Å². The molecule has 1 aliphatic heterocycles. The molecule has 1 amide bonds. The molecular formula is C17H26N2O4S. The lowest BCUT2D eigenvalue weighted by atomic mass is 10.0. The van der Waals surface area contributed by atoms with Gasteiger partial charge in [-0.25, -0.2) is 8.42 Å². The maximum Gasteiger partial charge on any atom is 0.255 e. The Bertz CT molecular complexity index is 688. The number of carbonyl (C=O) groups is 1. The lowest BCUT2D eigenvalue weighted by Crippen LogP contribution is -2.39. The zero-order valence-electron chi connectivity index (χ0n) is 14.5. The quantitative estimate of drug-likeness (QED) is 0.850. The molecule has 0 bridgehead atoms. The van der Waals surface area contributed by atoms with E-state index in [0.717, 1.165) is 19.3 Å². The number of nitrogens with zero attached hydrogens (tertiary/aromatic N) is 1. The Labute approximate surface area is 144 Å². The molecule has 134 valence electrons. The zero-order chi connectivity index (χ0) is 17.7. The van der Waals surface area contributed by atoms with Crippen LogP contribution in [0.2, 0.25) is 0 Å². The van der Waals surface area contributed by atoms with Crippen LogP contribution in [-0.2, 0) is 10.0 Å². The highest BCUT2D eigenvalue weighted by Gasteiger charge is 2.29. The minimum absolute atomic E-state index is 0.138. The number of carbonyl (C=O) groups excluding carboxylic acids is 1. The molecule has 0 unspecified atom stereocenters. The summed E-state index contributed by atoms with van der Waals surface area (Å²) in [6, 6.07) is 4.46. The number of hydrogen-bond donors (Lipinski definition) is 1.